The second-order valence-corrected chi connectivity index (χ2v) is 3.98. The van der Waals surface area contributed by atoms with Crippen LogP contribution in [0.15, 0.2) is 0 Å². The van der Waals surface area contributed by atoms with Crippen LogP contribution in [0.3, 0.4) is 0 Å². The summed E-state index contributed by atoms with van der Waals surface area (Å²) >= 11 is 0. The minimum atomic E-state index is -4.14. The van der Waals surface area contributed by atoms with Gasteiger partial charge in [0.1, 0.15) is 6.04 Å². The number of hydrogen-bond donors (Lipinski definition) is 1. The smallest absolute Gasteiger partial charge is 0.379 e. The minimum Gasteiger partial charge on any atom is -0.379 e. The van der Waals surface area contributed by atoms with Crippen molar-refractivity contribution < 1.29 is 17.9 Å². The standard InChI is InChI=1S/C10H19F3N2O/c1-14-9(10(11,12)13)3-2-4-15-5-7-16-8-6-15/h9,14H,2-8H2,1H3. The normalized spacial score (nSPS) is 21.0. The molecule has 0 amide bonds. The van der Waals surface area contributed by atoms with Gasteiger partial charge in [0.05, 0.1) is 13.2 Å². The lowest BCUT2D eigenvalue weighted by molar-refractivity contribution is -0.156. The van der Waals surface area contributed by atoms with E-state index in [4.69, 9.17) is 4.74 Å². The maximum atomic E-state index is 12.4. The van der Waals surface area contributed by atoms with Gasteiger partial charge in [-0.25, -0.2) is 0 Å². The molecule has 16 heavy (non-hydrogen) atoms. The topological polar surface area (TPSA) is 24.5 Å². The molecule has 3 nitrogen and oxygen atoms in total. The lowest BCUT2D eigenvalue weighted by Crippen LogP contribution is -2.41. The van der Waals surface area contributed by atoms with E-state index in [1.807, 2.05) is 0 Å². The van der Waals surface area contributed by atoms with Crippen molar-refractivity contribution >= 4 is 0 Å². The maximum absolute atomic E-state index is 12.4. The molecule has 96 valence electrons. The van der Waals surface area contributed by atoms with Gasteiger partial charge in [-0.15, -0.1) is 0 Å². The van der Waals surface area contributed by atoms with Gasteiger partial charge in [0.15, 0.2) is 0 Å². The maximum Gasteiger partial charge on any atom is 0.403 e. The van der Waals surface area contributed by atoms with Crippen LogP contribution in [-0.4, -0.2) is 57.0 Å². The number of alkyl halides is 3. The fourth-order valence-electron chi connectivity index (χ4n) is 1.82. The van der Waals surface area contributed by atoms with Crippen molar-refractivity contribution in [2.24, 2.45) is 0 Å². The Balaban J connectivity index is 2.17. The monoisotopic (exact) mass is 240 g/mol. The van der Waals surface area contributed by atoms with Crippen LogP contribution in [0.2, 0.25) is 0 Å². The second-order valence-electron chi connectivity index (χ2n) is 3.98. The molecule has 0 aromatic carbocycles. The summed E-state index contributed by atoms with van der Waals surface area (Å²) in [4.78, 5) is 2.15. The molecule has 1 rings (SSSR count). The van der Waals surface area contributed by atoms with Crippen LogP contribution in [0.1, 0.15) is 12.8 Å². The van der Waals surface area contributed by atoms with E-state index in [1.165, 1.54) is 7.05 Å². The number of morpholine rings is 1. The molecule has 1 atom stereocenters. The summed E-state index contributed by atoms with van der Waals surface area (Å²) in [6, 6.07) is -1.38. The van der Waals surface area contributed by atoms with Gasteiger partial charge in [0.2, 0.25) is 0 Å². The van der Waals surface area contributed by atoms with E-state index in [2.05, 4.69) is 10.2 Å². The van der Waals surface area contributed by atoms with Gasteiger partial charge in [-0.2, -0.15) is 13.2 Å². The van der Waals surface area contributed by atoms with Gasteiger partial charge in [0, 0.05) is 13.1 Å². The van der Waals surface area contributed by atoms with Gasteiger partial charge >= 0.3 is 6.18 Å². The summed E-state index contributed by atoms with van der Waals surface area (Å²) < 4.78 is 42.3. The fraction of sp³-hybridized carbons (Fsp3) is 1.00. The highest BCUT2D eigenvalue weighted by Crippen LogP contribution is 2.23. The Kier molecular flexibility index (Phi) is 5.51. The quantitative estimate of drug-likeness (QED) is 0.782. The van der Waals surface area contributed by atoms with E-state index in [1.54, 1.807) is 0 Å². The molecule has 1 aliphatic heterocycles. The first-order valence-electron chi connectivity index (χ1n) is 5.58. The number of nitrogens with one attached hydrogen (secondary N) is 1. The van der Waals surface area contributed by atoms with Crippen LogP contribution < -0.4 is 5.32 Å². The van der Waals surface area contributed by atoms with Gasteiger partial charge < -0.3 is 10.1 Å². The summed E-state index contributed by atoms with van der Waals surface area (Å²) in [5.41, 5.74) is 0. The third-order valence-corrected chi connectivity index (χ3v) is 2.81. The molecule has 1 aliphatic rings. The van der Waals surface area contributed by atoms with Crippen LogP contribution in [0.25, 0.3) is 0 Å². The molecule has 0 radical (unpaired) electrons. The molecule has 1 N–H and O–H groups in total. The molecule has 0 bridgehead atoms. The Hall–Kier alpha value is -0.330. The first-order valence-corrected chi connectivity index (χ1v) is 5.58. The summed E-state index contributed by atoms with van der Waals surface area (Å²) in [7, 11) is 1.35. The Bertz CT molecular complexity index is 193. The molecular weight excluding hydrogens is 221 g/mol. The molecule has 0 aromatic rings. The molecule has 0 saturated carbocycles. The molecule has 6 heteroatoms. The molecule has 1 fully saturated rings. The van der Waals surface area contributed by atoms with Crippen LogP contribution >= 0.6 is 0 Å². The van der Waals surface area contributed by atoms with E-state index in [0.29, 0.717) is 19.6 Å². The van der Waals surface area contributed by atoms with Gasteiger partial charge in [-0.05, 0) is 26.4 Å². The van der Waals surface area contributed by atoms with Crippen LogP contribution in [-0.2, 0) is 4.74 Å². The molecule has 1 heterocycles. The first kappa shape index (κ1) is 13.7. The largest absolute Gasteiger partial charge is 0.403 e. The van der Waals surface area contributed by atoms with Gasteiger partial charge in [-0.1, -0.05) is 0 Å². The zero-order chi connectivity index (χ0) is 12.0. The fourth-order valence-corrected chi connectivity index (χ4v) is 1.82. The Labute approximate surface area is 93.9 Å². The lowest BCUT2D eigenvalue weighted by atomic mass is 10.1. The van der Waals surface area contributed by atoms with Crippen molar-refractivity contribution in [2.75, 3.05) is 39.9 Å². The van der Waals surface area contributed by atoms with Crippen molar-refractivity contribution in [3.63, 3.8) is 0 Å². The van der Waals surface area contributed by atoms with Crippen LogP contribution in [0.5, 0.6) is 0 Å². The number of nitrogens with zero attached hydrogens (tertiary/aromatic N) is 1. The highest BCUT2D eigenvalue weighted by molar-refractivity contribution is 4.74. The van der Waals surface area contributed by atoms with Crippen LogP contribution in [0, 0.1) is 0 Å². The molecule has 0 spiro atoms. The van der Waals surface area contributed by atoms with Crippen molar-refractivity contribution in [3.05, 3.63) is 0 Å². The van der Waals surface area contributed by atoms with E-state index >= 15 is 0 Å². The minimum absolute atomic E-state index is 0.136. The first-order chi connectivity index (χ1) is 7.54. The second kappa shape index (κ2) is 6.42. The summed E-state index contributed by atoms with van der Waals surface area (Å²) in [5, 5.41) is 2.31. The van der Waals surface area contributed by atoms with E-state index in [0.717, 1.165) is 19.6 Å². The Morgan fingerprint density at radius 2 is 1.94 bits per heavy atom. The van der Waals surface area contributed by atoms with E-state index in [-0.39, 0.29) is 6.42 Å². The number of halogens is 3. The SMILES string of the molecule is CNC(CCCN1CCOCC1)C(F)(F)F. The average molecular weight is 240 g/mol. The summed E-state index contributed by atoms with van der Waals surface area (Å²) in [6.45, 7) is 3.76. The van der Waals surface area contributed by atoms with E-state index < -0.39 is 12.2 Å². The molecule has 1 unspecified atom stereocenters. The zero-order valence-corrected chi connectivity index (χ0v) is 9.52. The number of rotatable bonds is 5. The molecule has 1 saturated heterocycles. The van der Waals surface area contributed by atoms with Crippen molar-refractivity contribution in [2.45, 2.75) is 25.1 Å². The molecule has 0 aliphatic carbocycles. The van der Waals surface area contributed by atoms with Gasteiger partial charge in [-0.3, -0.25) is 4.90 Å². The van der Waals surface area contributed by atoms with Crippen molar-refractivity contribution in [1.82, 2.24) is 10.2 Å². The number of hydrogen-bond acceptors (Lipinski definition) is 3. The Morgan fingerprint density at radius 3 is 2.44 bits per heavy atom. The van der Waals surface area contributed by atoms with Crippen molar-refractivity contribution in [3.8, 4) is 0 Å². The van der Waals surface area contributed by atoms with Crippen molar-refractivity contribution in [1.29, 1.82) is 0 Å². The Morgan fingerprint density at radius 1 is 1.31 bits per heavy atom. The third-order valence-electron chi connectivity index (χ3n) is 2.81. The number of ether oxygens (including phenoxy) is 1. The lowest BCUT2D eigenvalue weighted by Gasteiger charge is -2.27. The van der Waals surface area contributed by atoms with Crippen LogP contribution in [0.4, 0.5) is 13.2 Å². The summed E-state index contributed by atoms with van der Waals surface area (Å²) in [6.07, 6.45) is -3.44. The van der Waals surface area contributed by atoms with E-state index in [9.17, 15) is 13.2 Å². The van der Waals surface area contributed by atoms with Gasteiger partial charge in [0.25, 0.3) is 0 Å². The highest BCUT2D eigenvalue weighted by Gasteiger charge is 2.37. The highest BCUT2D eigenvalue weighted by atomic mass is 19.4. The predicted octanol–water partition coefficient (Wildman–Crippen LogP) is 1.25. The molecular formula is C10H19F3N2O. The third kappa shape index (κ3) is 4.67. The summed E-state index contributed by atoms with van der Waals surface area (Å²) in [5.74, 6) is 0. The average Bonchev–Trinajstić information content (AvgIpc) is 2.24. The molecule has 0 aromatic heterocycles. The predicted molar refractivity (Wildman–Crippen MR) is 55.4 cm³/mol. The zero-order valence-electron chi connectivity index (χ0n) is 9.52.